The van der Waals surface area contributed by atoms with Crippen LogP contribution in [0.15, 0.2) is 5.11 Å². The van der Waals surface area contributed by atoms with Crippen LogP contribution in [0.25, 0.3) is 0 Å². The molecular weight excluding hydrogens is 171 g/mol. The number of hydrogen-bond donors (Lipinski definition) is 1. The summed E-state index contributed by atoms with van der Waals surface area (Å²) in [6.07, 6.45) is 6.24. The minimum atomic E-state index is 0. The molecule has 5 heteroatoms. The second kappa shape index (κ2) is 11.2. The first kappa shape index (κ1) is 18.0. The van der Waals surface area contributed by atoms with Crippen molar-refractivity contribution in [3.05, 3.63) is 0 Å². The van der Waals surface area contributed by atoms with Gasteiger partial charge in [-0.25, -0.2) is 5.53 Å². The van der Waals surface area contributed by atoms with Gasteiger partial charge in [-0.3, -0.25) is 0 Å². The van der Waals surface area contributed by atoms with Crippen LogP contribution in [0.2, 0.25) is 0 Å². The summed E-state index contributed by atoms with van der Waals surface area (Å²) < 4.78 is 0. The van der Waals surface area contributed by atoms with Crippen LogP contribution in [0.4, 0.5) is 0 Å². The fourth-order valence-electron chi connectivity index (χ4n) is 1.21. The van der Waals surface area contributed by atoms with Gasteiger partial charge in [-0.2, -0.15) is 5.11 Å². The van der Waals surface area contributed by atoms with E-state index in [1.165, 1.54) is 19.3 Å². The van der Waals surface area contributed by atoms with Crippen molar-refractivity contribution in [1.82, 2.24) is 0 Å². The van der Waals surface area contributed by atoms with Crippen LogP contribution in [0.5, 0.6) is 0 Å². The predicted molar refractivity (Wildman–Crippen MR) is 40.4 cm³/mol. The van der Waals surface area contributed by atoms with E-state index in [2.05, 4.69) is 5.11 Å². The van der Waals surface area contributed by atoms with E-state index in [9.17, 15) is 0 Å². The summed E-state index contributed by atoms with van der Waals surface area (Å²) in [6, 6.07) is 0.378. The molecule has 5 N–H and O–H groups in total. The molecule has 0 aromatic heterocycles. The molecule has 11 heavy (non-hydrogen) atoms. The van der Waals surface area contributed by atoms with Gasteiger partial charge in [-0.15, -0.1) is 0 Å². The summed E-state index contributed by atoms with van der Waals surface area (Å²) in [6.45, 7) is 0. The normalized spacial score (nSPS) is 16.7. The molecule has 4 nitrogen and oxygen atoms in total. The van der Waals surface area contributed by atoms with E-state index in [4.69, 9.17) is 5.53 Å². The molecule has 1 rings (SSSR count). The molecule has 0 unspecified atom stereocenters. The molecular formula is C6H17KN2O2. The van der Waals surface area contributed by atoms with Gasteiger partial charge in [0.05, 0.1) is 6.04 Å². The van der Waals surface area contributed by atoms with E-state index >= 15 is 0 Å². The summed E-state index contributed by atoms with van der Waals surface area (Å²) in [5.41, 5.74) is 6.72. The zero-order valence-corrected chi connectivity index (χ0v) is 10.2. The Balaban J connectivity index is -0.0000000800. The fourth-order valence-corrected chi connectivity index (χ4v) is 1.21. The summed E-state index contributed by atoms with van der Waals surface area (Å²) in [5.74, 6) is 0. The van der Waals surface area contributed by atoms with Crippen molar-refractivity contribution in [3.8, 4) is 0 Å². The molecule has 0 heterocycles. The Labute approximate surface area is 111 Å². The molecule has 0 radical (unpaired) electrons. The SMILES string of the molecule is N=NC1CCCCC1.O.O.[H-].[K+]. The number of nitrogens with zero attached hydrogens (tertiary/aromatic N) is 1. The van der Waals surface area contributed by atoms with Crippen molar-refractivity contribution in [1.29, 1.82) is 5.53 Å². The van der Waals surface area contributed by atoms with Crippen molar-refractivity contribution in [2.75, 3.05) is 0 Å². The number of nitrogens with one attached hydrogen (secondary N) is 1. The van der Waals surface area contributed by atoms with Crippen molar-refractivity contribution in [2.45, 2.75) is 38.1 Å². The third-order valence-corrected chi connectivity index (χ3v) is 1.76. The minimum absolute atomic E-state index is 0. The Morgan fingerprint density at radius 3 is 1.82 bits per heavy atom. The van der Waals surface area contributed by atoms with Gasteiger partial charge < -0.3 is 12.4 Å². The maximum atomic E-state index is 6.72. The third-order valence-electron chi connectivity index (χ3n) is 1.76. The first-order chi connectivity index (χ1) is 3.93. The maximum absolute atomic E-state index is 6.72. The van der Waals surface area contributed by atoms with Crippen LogP contribution in [0.3, 0.4) is 0 Å². The largest absolute Gasteiger partial charge is 1.00 e. The van der Waals surface area contributed by atoms with Gasteiger partial charge in [0.15, 0.2) is 0 Å². The smallest absolute Gasteiger partial charge is 1.00 e. The summed E-state index contributed by atoms with van der Waals surface area (Å²) >= 11 is 0. The molecule has 64 valence electrons. The summed E-state index contributed by atoms with van der Waals surface area (Å²) in [7, 11) is 0. The van der Waals surface area contributed by atoms with Gasteiger partial charge in [-0.1, -0.05) is 19.3 Å². The quantitative estimate of drug-likeness (QED) is 0.357. The number of hydrogen-bond acceptors (Lipinski definition) is 2. The third kappa shape index (κ3) is 7.51. The first-order valence-electron chi connectivity index (χ1n) is 3.30. The molecule has 0 aliphatic heterocycles. The second-order valence-electron chi connectivity index (χ2n) is 2.42. The monoisotopic (exact) mass is 188 g/mol. The summed E-state index contributed by atoms with van der Waals surface area (Å²) in [5, 5.41) is 3.50. The molecule has 0 bridgehead atoms. The molecule has 0 atom stereocenters. The molecule has 0 aromatic carbocycles. The van der Waals surface area contributed by atoms with Crippen LogP contribution < -0.4 is 51.4 Å². The number of rotatable bonds is 1. The zero-order chi connectivity index (χ0) is 5.82. The standard InChI is InChI=1S/C6H12N2.K.2H2O.H/c7-8-6-4-2-1-3-5-6;;;;/h6-7H,1-5H2;;2*1H2;/q;+1;;;-1. The Kier molecular flexibility index (Phi) is 18.3. The summed E-state index contributed by atoms with van der Waals surface area (Å²) in [4.78, 5) is 0. The predicted octanol–water partition coefficient (Wildman–Crippen LogP) is -2.18. The van der Waals surface area contributed by atoms with Gasteiger partial charge in [0.1, 0.15) is 0 Å². The van der Waals surface area contributed by atoms with Gasteiger partial charge in [0, 0.05) is 0 Å². The molecule has 1 aliphatic rings. The van der Waals surface area contributed by atoms with Crippen LogP contribution in [0.1, 0.15) is 33.5 Å². The van der Waals surface area contributed by atoms with Crippen molar-refractivity contribution in [2.24, 2.45) is 5.11 Å². The maximum Gasteiger partial charge on any atom is 1.00 e. The first-order valence-corrected chi connectivity index (χ1v) is 3.30. The molecule has 1 saturated carbocycles. The van der Waals surface area contributed by atoms with E-state index in [1.54, 1.807) is 0 Å². The van der Waals surface area contributed by atoms with Gasteiger partial charge >= 0.3 is 51.4 Å². The van der Waals surface area contributed by atoms with Gasteiger partial charge in [0.25, 0.3) is 0 Å². The van der Waals surface area contributed by atoms with Crippen molar-refractivity contribution in [3.63, 3.8) is 0 Å². The van der Waals surface area contributed by atoms with E-state index in [0.717, 1.165) is 12.8 Å². The fraction of sp³-hybridized carbons (Fsp3) is 1.00. The average molecular weight is 188 g/mol. The van der Waals surface area contributed by atoms with E-state index in [1.807, 2.05) is 0 Å². The average Bonchev–Trinajstić information content (AvgIpc) is 1.90. The van der Waals surface area contributed by atoms with E-state index < -0.39 is 0 Å². The molecule has 0 aromatic rings. The second-order valence-corrected chi connectivity index (χ2v) is 2.42. The van der Waals surface area contributed by atoms with Crippen LogP contribution in [-0.2, 0) is 0 Å². The molecule has 0 spiro atoms. The Bertz CT molecular complexity index is 91.6. The Hall–Kier alpha value is 1.16. The van der Waals surface area contributed by atoms with Crippen molar-refractivity contribution >= 4 is 0 Å². The Morgan fingerprint density at radius 1 is 1.09 bits per heavy atom. The van der Waals surface area contributed by atoms with Crippen molar-refractivity contribution < 1.29 is 63.8 Å². The topological polar surface area (TPSA) is 99.2 Å². The molecule has 1 aliphatic carbocycles. The van der Waals surface area contributed by atoms with Crippen LogP contribution >= 0.6 is 0 Å². The molecule has 0 saturated heterocycles. The van der Waals surface area contributed by atoms with Gasteiger partial charge in [0.2, 0.25) is 0 Å². The minimum Gasteiger partial charge on any atom is -1.00 e. The molecule has 1 fully saturated rings. The van der Waals surface area contributed by atoms with Crippen LogP contribution in [-0.4, -0.2) is 17.0 Å². The van der Waals surface area contributed by atoms with E-state index in [-0.39, 0.29) is 63.8 Å². The molecule has 0 amide bonds. The van der Waals surface area contributed by atoms with Crippen LogP contribution in [0, 0.1) is 5.53 Å². The Morgan fingerprint density at radius 2 is 1.55 bits per heavy atom. The van der Waals surface area contributed by atoms with Gasteiger partial charge in [-0.05, 0) is 12.8 Å². The van der Waals surface area contributed by atoms with E-state index in [0.29, 0.717) is 6.04 Å². The zero-order valence-electron chi connectivity index (χ0n) is 8.06.